The van der Waals surface area contributed by atoms with E-state index in [1.54, 1.807) is 43.0 Å². The molecule has 29 rings (SSSR count). The average Bonchev–Trinajstić information content (AvgIpc) is 1.49. The van der Waals surface area contributed by atoms with Crippen LogP contribution in [0.4, 0.5) is 0 Å². The first-order valence-electron chi connectivity index (χ1n) is 55.0. The van der Waals surface area contributed by atoms with Crippen molar-refractivity contribution in [3.05, 3.63) is 447 Å². The molecule has 4 heterocycles. The fourth-order valence-electron chi connectivity index (χ4n) is 35.7. The summed E-state index contributed by atoms with van der Waals surface area (Å²) in [6.45, 7) is 21.9. The first-order chi connectivity index (χ1) is 71.4. The zero-order valence-corrected chi connectivity index (χ0v) is 89.7. The maximum atomic E-state index is 2.80. The first-order valence-corrected chi connectivity index (χ1v) is 63.0. The third-order valence-electron chi connectivity index (χ3n) is 42.6. The SMILES string of the molecule is CC12CCCCC1(C)[Si](c1ccccc1)(c1ccccc1)c1ccc(-c3ccc4c5c(-c6ccccc6)c6c7ccc(-c8ccc9c(c8)C8(C)CCCCC8(C)[Si]9(c8ccccc8)c8ccccc8)c8c(-c9ccc%10c(c9)C9(C)CCCCC9(C)[Si]%10(c9ccccc9)c9ccccc9)ccc(c6c(-c6ccccc6)c5c5ccc(-c6ccc9c(c6)C6(C)CCCCC6(C)[Si]9(c6ccccc6)c6ccccc6)c3c45)c87)cc12. The number of hydrogen-bond acceptors (Lipinski definition) is 0. The Morgan fingerprint density at radius 1 is 0.158 bits per heavy atom. The van der Waals surface area contributed by atoms with Crippen LogP contribution in [0.1, 0.15) is 180 Å². The summed E-state index contributed by atoms with van der Waals surface area (Å²) in [6, 6.07) is 173. The van der Waals surface area contributed by atoms with Gasteiger partial charge in [-0.15, -0.1) is 0 Å². The smallest absolute Gasteiger partial charge is 0.0624 e. The topological polar surface area (TPSA) is 0 Å². The molecule has 4 fully saturated rings. The number of fused-ring (bicyclic) bond motifs is 18. The molecule has 710 valence electrons. The van der Waals surface area contributed by atoms with Gasteiger partial charge in [0, 0.05) is 0 Å². The number of benzene rings is 19. The third-order valence-corrected chi connectivity index (χ3v) is 67.0. The summed E-state index contributed by atoms with van der Waals surface area (Å²) in [7, 11) is -11.2. The molecule has 0 aromatic heterocycles. The molecule has 4 heteroatoms. The standard InChI is InChI=1S/C142H126Si4/c1-135-83-39-43-87-139(135,5)143(101-51-23-11-24-52-101,102-53-25-12-26-54-102)121-79-67-97(91-117(121)135)109-71-75-113-129-114(76-72-110(127(109)129)98-68-80-122-118(92-98)136(2)84-40-44-88-140(136,6)144(122,103-55-27-13-28-56-103)104-57-29-14-30-58-104)132-126(96-49-21-10-22-50-96)134-116-78-74-112(100-70-82-124-120(94-100)138(4)86-42-46-90-142(138,8)146(124,107-63-35-17-36-64-107)108-65-37-18-38-66-108)128-111(73-77-115(130(116)128)133(134)125(131(113)132)95-47-19-9-20-48-95)99-69-81-123-119(93-99)137(3)85-41-45-89-141(137,7)145(123,105-59-31-15-32-60-105)106-61-33-16-34-62-106/h9-38,47-82,91-94H,39-46,83-90H2,1-8H3. The van der Waals surface area contributed by atoms with E-state index in [2.05, 4.69) is 480 Å². The van der Waals surface area contributed by atoms with E-state index in [9.17, 15) is 0 Å². The quantitative estimate of drug-likeness (QED) is 0.0952. The van der Waals surface area contributed by atoms with Crippen LogP contribution in [0.3, 0.4) is 0 Å². The van der Waals surface area contributed by atoms with E-state index in [1.165, 1.54) is 250 Å². The predicted molar refractivity (Wildman–Crippen MR) is 633 cm³/mol. The van der Waals surface area contributed by atoms with Crippen molar-refractivity contribution >= 4 is 159 Å². The van der Waals surface area contributed by atoms with Crippen molar-refractivity contribution in [2.45, 2.75) is 200 Å². The predicted octanol–water partition coefficient (Wildman–Crippen LogP) is 29.8. The number of hydrogen-bond donors (Lipinski definition) is 0. The van der Waals surface area contributed by atoms with Crippen LogP contribution in [0.2, 0.25) is 20.2 Å². The number of rotatable bonds is 14. The lowest BCUT2D eigenvalue weighted by atomic mass is 9.64. The molecule has 0 radical (unpaired) electrons. The molecule has 21 aromatic carbocycles. The molecule has 4 aliphatic carbocycles. The molecule has 0 spiro atoms. The molecule has 0 amide bonds. The van der Waals surface area contributed by atoms with Gasteiger partial charge in [0.1, 0.15) is 0 Å². The van der Waals surface area contributed by atoms with Crippen molar-refractivity contribution in [3.8, 4) is 66.8 Å². The van der Waals surface area contributed by atoms with Gasteiger partial charge in [-0.3, -0.25) is 0 Å². The van der Waals surface area contributed by atoms with Gasteiger partial charge >= 0.3 is 0 Å². The van der Waals surface area contributed by atoms with Crippen molar-refractivity contribution in [2.75, 3.05) is 0 Å². The summed E-state index contributed by atoms with van der Waals surface area (Å²) in [5.74, 6) is 0. The molecule has 8 unspecified atom stereocenters. The summed E-state index contributed by atoms with van der Waals surface area (Å²) in [5.41, 5.74) is 21.6. The molecular weight excluding hydrogens is 1820 g/mol. The molecule has 8 atom stereocenters. The van der Waals surface area contributed by atoms with E-state index < -0.39 is 32.3 Å². The van der Waals surface area contributed by atoms with Gasteiger partial charge < -0.3 is 0 Å². The molecule has 0 saturated heterocycles. The zero-order chi connectivity index (χ0) is 97.9. The third kappa shape index (κ3) is 11.0. The Morgan fingerprint density at radius 3 is 0.527 bits per heavy atom. The Balaban J connectivity index is 0.745. The van der Waals surface area contributed by atoms with Crippen molar-refractivity contribution in [1.82, 2.24) is 0 Å². The van der Waals surface area contributed by atoms with Crippen LogP contribution in [0, 0.1) is 0 Å². The summed E-state index contributed by atoms with van der Waals surface area (Å²) >= 11 is 0. The summed E-state index contributed by atoms with van der Waals surface area (Å²) in [5, 5.41) is 34.7. The van der Waals surface area contributed by atoms with Crippen LogP contribution in [0.15, 0.2) is 425 Å². The molecule has 0 bridgehead atoms. The van der Waals surface area contributed by atoms with Crippen molar-refractivity contribution < 1.29 is 0 Å². The van der Waals surface area contributed by atoms with Crippen LogP contribution in [-0.4, -0.2) is 32.3 Å². The Labute approximate surface area is 865 Å². The van der Waals surface area contributed by atoms with Crippen LogP contribution in [-0.2, 0) is 21.7 Å². The molecule has 21 aromatic rings. The van der Waals surface area contributed by atoms with E-state index in [4.69, 9.17) is 0 Å². The highest BCUT2D eigenvalue weighted by molar-refractivity contribution is 7.17. The molecule has 8 aliphatic rings. The van der Waals surface area contributed by atoms with E-state index >= 15 is 0 Å². The van der Waals surface area contributed by atoms with Gasteiger partial charge in [0.2, 0.25) is 0 Å². The average molecular weight is 1940 g/mol. The largest absolute Gasteiger partial charge is 0.155 e. The second-order valence-corrected chi connectivity index (χ2v) is 64.8. The lowest BCUT2D eigenvalue weighted by Gasteiger charge is -2.54. The van der Waals surface area contributed by atoms with E-state index in [1.807, 2.05) is 0 Å². The minimum atomic E-state index is -2.80. The first kappa shape index (κ1) is 89.0. The van der Waals surface area contributed by atoms with Crippen LogP contribution < -0.4 is 62.2 Å². The van der Waals surface area contributed by atoms with Gasteiger partial charge in [0.05, 0.1) is 0 Å². The Morgan fingerprint density at radius 2 is 0.336 bits per heavy atom. The second kappa shape index (κ2) is 32.0. The van der Waals surface area contributed by atoms with Crippen molar-refractivity contribution in [1.29, 1.82) is 0 Å². The second-order valence-electron chi connectivity index (χ2n) is 47.6. The lowest BCUT2D eigenvalue weighted by molar-refractivity contribution is 0.241. The fourth-order valence-corrected chi connectivity index (χ4v) is 63.4. The van der Waals surface area contributed by atoms with E-state index in [0.717, 1.165) is 25.7 Å². The Kier molecular flexibility index (Phi) is 19.5. The van der Waals surface area contributed by atoms with Gasteiger partial charge in [-0.1, -0.05) is 531 Å². The van der Waals surface area contributed by atoms with Crippen LogP contribution in [0.25, 0.3) is 131 Å². The zero-order valence-electron chi connectivity index (χ0n) is 85.7. The molecule has 4 aliphatic heterocycles. The van der Waals surface area contributed by atoms with Crippen molar-refractivity contribution in [2.24, 2.45) is 0 Å². The van der Waals surface area contributed by atoms with E-state index in [-0.39, 0.29) is 41.8 Å². The van der Waals surface area contributed by atoms with Crippen molar-refractivity contribution in [3.63, 3.8) is 0 Å². The summed E-state index contributed by atoms with van der Waals surface area (Å²) in [6.07, 6.45) is 19.3. The highest BCUT2D eigenvalue weighted by Crippen LogP contribution is 2.72. The monoisotopic (exact) mass is 1940 g/mol. The van der Waals surface area contributed by atoms with Gasteiger partial charge in [-0.05, 0) is 309 Å². The van der Waals surface area contributed by atoms with Gasteiger partial charge in [-0.2, -0.15) is 0 Å². The summed E-state index contributed by atoms with van der Waals surface area (Å²) < 4.78 is 0. The molecule has 146 heavy (non-hydrogen) atoms. The van der Waals surface area contributed by atoms with Crippen LogP contribution in [0.5, 0.6) is 0 Å². The molecular formula is C142H126Si4. The minimum Gasteiger partial charge on any atom is -0.0624 e. The summed E-state index contributed by atoms with van der Waals surface area (Å²) in [4.78, 5) is 0. The minimum absolute atomic E-state index is 0.00668. The van der Waals surface area contributed by atoms with Gasteiger partial charge in [-0.25, -0.2) is 0 Å². The lowest BCUT2D eigenvalue weighted by Crippen LogP contribution is -2.72. The fraction of sp³-hybridized carbons (Fsp3) is 0.225. The van der Waals surface area contributed by atoms with Gasteiger partial charge in [0.25, 0.3) is 0 Å². The molecule has 0 N–H and O–H groups in total. The Hall–Kier alpha value is -13.4. The highest BCUT2D eigenvalue weighted by atomic mass is 28.3. The normalized spacial score (nSPS) is 24.7. The Bertz CT molecular complexity index is 7720. The maximum Gasteiger partial charge on any atom is 0.155 e. The highest BCUT2D eigenvalue weighted by Gasteiger charge is 2.73. The van der Waals surface area contributed by atoms with Crippen LogP contribution >= 0.6 is 0 Å². The maximum absolute atomic E-state index is 2.80. The van der Waals surface area contributed by atoms with E-state index in [0.29, 0.717) is 0 Å². The van der Waals surface area contributed by atoms with Gasteiger partial charge in [0.15, 0.2) is 32.3 Å². The molecule has 0 nitrogen and oxygen atoms in total. The molecule has 4 saturated carbocycles.